The van der Waals surface area contributed by atoms with Crippen molar-refractivity contribution in [3.05, 3.63) is 71.6 Å². The zero-order valence-electron chi connectivity index (χ0n) is 20.2. The van der Waals surface area contributed by atoms with E-state index in [4.69, 9.17) is 13.9 Å². The topological polar surface area (TPSA) is 81.9 Å². The van der Waals surface area contributed by atoms with Gasteiger partial charge in [0.2, 0.25) is 5.89 Å². The molecule has 0 aliphatic carbocycles. The summed E-state index contributed by atoms with van der Waals surface area (Å²) in [5, 5.41) is 0. The lowest BCUT2D eigenvalue weighted by atomic mass is 10.0. The van der Waals surface area contributed by atoms with Crippen molar-refractivity contribution in [1.29, 1.82) is 0 Å². The van der Waals surface area contributed by atoms with Gasteiger partial charge in [0.1, 0.15) is 17.6 Å². The molecule has 0 saturated carbocycles. The summed E-state index contributed by atoms with van der Waals surface area (Å²) in [4.78, 5) is 28.8. The molecule has 36 heavy (non-hydrogen) atoms. The summed E-state index contributed by atoms with van der Waals surface area (Å²) < 4.78 is 55.1. The van der Waals surface area contributed by atoms with Crippen LogP contribution in [0.25, 0.3) is 11.5 Å². The first-order valence-corrected chi connectivity index (χ1v) is 11.3. The van der Waals surface area contributed by atoms with Crippen LogP contribution in [0.4, 0.5) is 13.2 Å². The first kappa shape index (κ1) is 26.8. The molecule has 0 N–H and O–H groups in total. The number of benzene rings is 2. The zero-order valence-corrected chi connectivity index (χ0v) is 20.2. The minimum absolute atomic E-state index is 0.0198. The van der Waals surface area contributed by atoms with Crippen LogP contribution in [0.2, 0.25) is 0 Å². The smallest absolute Gasteiger partial charge is 0.471 e. The first-order chi connectivity index (χ1) is 17.1. The molecular formula is C26H27F3N2O5. The molecule has 0 aliphatic rings. The van der Waals surface area contributed by atoms with Crippen molar-refractivity contribution in [2.24, 2.45) is 0 Å². The Kier molecular flexibility index (Phi) is 8.73. The average molecular weight is 505 g/mol. The molecule has 1 heterocycles. The molecule has 192 valence electrons. The van der Waals surface area contributed by atoms with E-state index in [1.165, 1.54) is 6.92 Å². The molecule has 0 saturated heterocycles. The van der Waals surface area contributed by atoms with Crippen molar-refractivity contribution in [1.82, 2.24) is 9.88 Å². The number of halogens is 3. The summed E-state index contributed by atoms with van der Waals surface area (Å²) in [6, 6.07) is 14.7. The highest BCUT2D eigenvalue weighted by atomic mass is 19.4. The normalized spacial score (nSPS) is 12.2. The number of oxazole rings is 1. The second kappa shape index (κ2) is 11.7. The van der Waals surface area contributed by atoms with Gasteiger partial charge >= 0.3 is 18.1 Å². The highest BCUT2D eigenvalue weighted by Gasteiger charge is 2.45. The number of aryl methyl sites for hydroxylation is 1. The number of amides is 1. The van der Waals surface area contributed by atoms with Crippen LogP contribution in [0.5, 0.6) is 5.75 Å². The predicted octanol–water partition coefficient (Wildman–Crippen LogP) is 4.77. The predicted molar refractivity (Wildman–Crippen MR) is 125 cm³/mol. The Hall–Kier alpha value is -3.82. The van der Waals surface area contributed by atoms with Crippen LogP contribution in [0.1, 0.15) is 23.9 Å². The number of carbonyl (C=O) groups excluding carboxylic acids is 2. The maximum absolute atomic E-state index is 12.9. The number of esters is 1. The SMILES string of the molecule is CCOC(=O)[C@H](Cc1ccc(OCCc2nc(-c3ccccc3)oc2C)cc1)N(C)C(=O)C(F)(F)F. The number of aromatic nitrogens is 1. The number of hydrogen-bond acceptors (Lipinski definition) is 6. The van der Waals surface area contributed by atoms with E-state index in [-0.39, 0.29) is 13.0 Å². The van der Waals surface area contributed by atoms with Crippen LogP contribution in [0.3, 0.4) is 0 Å². The van der Waals surface area contributed by atoms with Crippen molar-refractivity contribution in [3.63, 3.8) is 0 Å². The first-order valence-electron chi connectivity index (χ1n) is 11.3. The Morgan fingerprint density at radius 2 is 1.75 bits per heavy atom. The molecule has 1 atom stereocenters. The number of likely N-dealkylation sites (N-methyl/N-ethyl adjacent to an activating group) is 1. The largest absolute Gasteiger partial charge is 0.493 e. The highest BCUT2D eigenvalue weighted by Crippen LogP contribution is 2.23. The summed E-state index contributed by atoms with van der Waals surface area (Å²) >= 11 is 0. The average Bonchev–Trinajstić information content (AvgIpc) is 3.23. The minimum atomic E-state index is -5.10. The van der Waals surface area contributed by atoms with Gasteiger partial charge in [0, 0.05) is 25.5 Å². The number of rotatable bonds is 10. The number of nitrogens with zero attached hydrogens (tertiary/aromatic N) is 2. The van der Waals surface area contributed by atoms with Crippen molar-refractivity contribution in [2.75, 3.05) is 20.3 Å². The fraction of sp³-hybridized carbons (Fsp3) is 0.346. The van der Waals surface area contributed by atoms with Gasteiger partial charge in [-0.25, -0.2) is 9.78 Å². The van der Waals surface area contributed by atoms with Crippen LogP contribution in [0, 0.1) is 6.92 Å². The van der Waals surface area contributed by atoms with Crippen molar-refractivity contribution in [2.45, 2.75) is 38.9 Å². The van der Waals surface area contributed by atoms with Gasteiger partial charge in [-0.05, 0) is 43.7 Å². The molecule has 0 bridgehead atoms. The fourth-order valence-electron chi connectivity index (χ4n) is 3.53. The molecule has 0 aliphatic heterocycles. The lowest BCUT2D eigenvalue weighted by Crippen LogP contribution is -2.49. The third-order valence-electron chi connectivity index (χ3n) is 5.46. The standard InChI is InChI=1S/C26H27F3N2O5/c1-4-34-24(32)22(31(3)25(33)26(27,28)29)16-18-10-12-20(13-11-18)35-15-14-21-17(2)36-23(30-21)19-8-6-5-7-9-19/h5-13,22H,4,14-16H2,1-3H3/t22-/m0/s1. The molecule has 1 amide bonds. The molecule has 0 fully saturated rings. The number of alkyl halides is 3. The lowest BCUT2D eigenvalue weighted by Gasteiger charge is -2.27. The molecule has 0 radical (unpaired) electrons. The van der Waals surface area contributed by atoms with Gasteiger partial charge in [0.25, 0.3) is 0 Å². The van der Waals surface area contributed by atoms with E-state index < -0.39 is 24.1 Å². The number of hydrogen-bond donors (Lipinski definition) is 0. The molecule has 3 rings (SSSR count). The van der Waals surface area contributed by atoms with Crippen LogP contribution < -0.4 is 4.74 Å². The summed E-state index contributed by atoms with van der Waals surface area (Å²) in [7, 11) is 0.935. The van der Waals surface area contributed by atoms with Gasteiger partial charge in [0.15, 0.2) is 0 Å². The Morgan fingerprint density at radius 1 is 1.08 bits per heavy atom. The van der Waals surface area contributed by atoms with Crippen molar-refractivity contribution in [3.8, 4) is 17.2 Å². The molecule has 1 aromatic heterocycles. The van der Waals surface area contributed by atoms with Crippen molar-refractivity contribution < 1.29 is 36.7 Å². The van der Waals surface area contributed by atoms with Crippen molar-refractivity contribution >= 4 is 11.9 Å². The highest BCUT2D eigenvalue weighted by molar-refractivity contribution is 5.87. The molecule has 10 heteroatoms. The zero-order chi connectivity index (χ0) is 26.3. The summed E-state index contributed by atoms with van der Waals surface area (Å²) in [6.45, 7) is 3.68. The Bertz CT molecular complexity index is 1160. The van der Waals surface area contributed by atoms with Crippen LogP contribution in [-0.2, 0) is 27.2 Å². The van der Waals surface area contributed by atoms with Gasteiger partial charge in [0.05, 0.1) is 18.9 Å². The van der Waals surface area contributed by atoms with E-state index in [2.05, 4.69) is 4.98 Å². The number of ether oxygens (including phenoxy) is 2. The van der Waals surface area contributed by atoms with Gasteiger partial charge < -0.3 is 18.8 Å². The maximum Gasteiger partial charge on any atom is 0.471 e. The Morgan fingerprint density at radius 3 is 2.36 bits per heavy atom. The molecule has 0 spiro atoms. The third kappa shape index (κ3) is 6.87. The fourth-order valence-corrected chi connectivity index (χ4v) is 3.53. The summed E-state index contributed by atoms with van der Waals surface area (Å²) in [5.41, 5.74) is 2.20. The van der Waals surface area contributed by atoms with E-state index in [1.54, 1.807) is 24.3 Å². The molecule has 3 aromatic rings. The van der Waals surface area contributed by atoms with Gasteiger partial charge in [-0.15, -0.1) is 0 Å². The Labute approximate surface area is 206 Å². The molecule has 7 nitrogen and oxygen atoms in total. The molecular weight excluding hydrogens is 477 g/mol. The minimum Gasteiger partial charge on any atom is -0.493 e. The second-order valence-electron chi connectivity index (χ2n) is 8.02. The monoisotopic (exact) mass is 504 g/mol. The van der Waals surface area contributed by atoms with E-state index in [9.17, 15) is 22.8 Å². The maximum atomic E-state index is 12.9. The van der Waals surface area contributed by atoms with E-state index in [1.807, 2.05) is 37.3 Å². The van der Waals surface area contributed by atoms with Crippen LogP contribution >= 0.6 is 0 Å². The lowest BCUT2D eigenvalue weighted by molar-refractivity contribution is -0.188. The van der Waals surface area contributed by atoms with Crippen LogP contribution in [0.15, 0.2) is 59.0 Å². The summed E-state index contributed by atoms with van der Waals surface area (Å²) in [6.07, 6.45) is -4.72. The van der Waals surface area contributed by atoms with E-state index in [0.29, 0.717) is 40.9 Å². The molecule has 0 unspecified atom stereocenters. The third-order valence-corrected chi connectivity index (χ3v) is 5.46. The van der Waals surface area contributed by atoms with Gasteiger partial charge in [-0.3, -0.25) is 4.79 Å². The van der Waals surface area contributed by atoms with E-state index >= 15 is 0 Å². The van der Waals surface area contributed by atoms with Gasteiger partial charge in [-0.1, -0.05) is 30.3 Å². The van der Waals surface area contributed by atoms with Gasteiger partial charge in [-0.2, -0.15) is 13.2 Å². The molecule has 2 aromatic carbocycles. The summed E-state index contributed by atoms with van der Waals surface area (Å²) in [5.74, 6) is -1.24. The number of carbonyl (C=O) groups is 2. The second-order valence-corrected chi connectivity index (χ2v) is 8.02. The quantitative estimate of drug-likeness (QED) is 0.370. The van der Waals surface area contributed by atoms with Crippen LogP contribution in [-0.4, -0.2) is 54.2 Å². The van der Waals surface area contributed by atoms with E-state index in [0.717, 1.165) is 18.3 Å². The Balaban J connectivity index is 1.60.